The largest absolute Gasteiger partial charge is 0.457 e. The molecule has 2 aliphatic heterocycles. The van der Waals surface area contributed by atoms with Crippen LogP contribution in [0.25, 0.3) is 0 Å². The fourth-order valence-corrected chi connectivity index (χ4v) is 2.24. The highest BCUT2D eigenvalue weighted by molar-refractivity contribution is 5.92. The monoisotopic (exact) mass is 245 g/mol. The Hall–Kier alpha value is -1.97. The first kappa shape index (κ1) is 11.1. The van der Waals surface area contributed by atoms with Crippen molar-refractivity contribution in [3.63, 3.8) is 0 Å². The first-order chi connectivity index (χ1) is 8.84. The number of ether oxygens (including phenoxy) is 2. The molecule has 0 N–H and O–H groups in total. The van der Waals surface area contributed by atoms with Crippen molar-refractivity contribution in [3.8, 4) is 11.5 Å². The van der Waals surface area contributed by atoms with Crippen molar-refractivity contribution in [2.45, 2.75) is 19.3 Å². The second kappa shape index (κ2) is 4.72. The van der Waals surface area contributed by atoms with Crippen LogP contribution >= 0.6 is 0 Å². The normalized spacial score (nSPS) is 18.2. The third-order valence-corrected chi connectivity index (χ3v) is 3.22. The van der Waals surface area contributed by atoms with Crippen LogP contribution in [0.5, 0.6) is 11.5 Å². The summed E-state index contributed by atoms with van der Waals surface area (Å²) in [6, 6.07) is 7.34. The van der Waals surface area contributed by atoms with Gasteiger partial charge in [-0.15, -0.1) is 0 Å². The van der Waals surface area contributed by atoms with Crippen LogP contribution in [0.2, 0.25) is 0 Å². The molecule has 1 fully saturated rings. The molecule has 1 aromatic rings. The molecule has 94 valence electrons. The lowest BCUT2D eigenvalue weighted by atomic mass is 10.1. The molecule has 2 aliphatic rings. The van der Waals surface area contributed by atoms with Crippen LogP contribution in [0.4, 0.5) is 0 Å². The summed E-state index contributed by atoms with van der Waals surface area (Å²) >= 11 is 0. The number of rotatable bonds is 1. The summed E-state index contributed by atoms with van der Waals surface area (Å²) in [6.07, 6.45) is 4.73. The maximum absolute atomic E-state index is 12.2. The van der Waals surface area contributed by atoms with E-state index in [2.05, 4.69) is 0 Å². The fraction of sp³-hybridized carbons (Fsp3) is 0.357. The summed E-state index contributed by atoms with van der Waals surface area (Å²) in [5, 5.41) is 0. The van der Waals surface area contributed by atoms with Gasteiger partial charge in [-0.1, -0.05) is 12.1 Å². The third kappa shape index (κ3) is 2.06. The lowest BCUT2D eigenvalue weighted by molar-refractivity contribution is -0.130. The summed E-state index contributed by atoms with van der Waals surface area (Å²) in [4.78, 5) is 14.0. The summed E-state index contributed by atoms with van der Waals surface area (Å²) in [5.41, 5.74) is 0. The first-order valence-electron chi connectivity index (χ1n) is 6.27. The van der Waals surface area contributed by atoms with Gasteiger partial charge in [0.15, 0.2) is 11.5 Å². The molecule has 0 aromatic heterocycles. The molecule has 1 aromatic carbocycles. The van der Waals surface area contributed by atoms with Gasteiger partial charge >= 0.3 is 0 Å². The maximum atomic E-state index is 12.2. The molecule has 0 bridgehead atoms. The van der Waals surface area contributed by atoms with Gasteiger partial charge in [-0.3, -0.25) is 4.79 Å². The number of hydrogen-bond acceptors (Lipinski definition) is 3. The standard InChI is InChI=1S/C14H15NO3/c16-14(15-8-4-1-5-9-15)13-10-17-11-6-2-3-7-12(11)18-13/h2-3,6-7,10H,1,4-5,8-9H2. The van der Waals surface area contributed by atoms with E-state index in [9.17, 15) is 4.79 Å². The molecule has 4 nitrogen and oxygen atoms in total. The van der Waals surface area contributed by atoms with Gasteiger partial charge in [-0.05, 0) is 31.4 Å². The lowest BCUT2D eigenvalue weighted by Gasteiger charge is -2.28. The number of piperidine rings is 1. The molecule has 0 atom stereocenters. The fourth-order valence-electron chi connectivity index (χ4n) is 2.24. The molecule has 0 aliphatic carbocycles. The zero-order valence-electron chi connectivity index (χ0n) is 10.1. The molecule has 1 amide bonds. The number of para-hydroxylation sites is 2. The van der Waals surface area contributed by atoms with Gasteiger partial charge in [0.1, 0.15) is 6.26 Å². The zero-order chi connectivity index (χ0) is 12.4. The van der Waals surface area contributed by atoms with Crippen LogP contribution in [-0.2, 0) is 4.79 Å². The van der Waals surface area contributed by atoms with Gasteiger partial charge < -0.3 is 14.4 Å². The molecular weight excluding hydrogens is 230 g/mol. The number of likely N-dealkylation sites (tertiary alicyclic amines) is 1. The molecule has 0 saturated carbocycles. The summed E-state index contributed by atoms with van der Waals surface area (Å²) in [7, 11) is 0. The van der Waals surface area contributed by atoms with Crippen LogP contribution < -0.4 is 9.47 Å². The number of carbonyl (C=O) groups excluding carboxylic acids is 1. The van der Waals surface area contributed by atoms with E-state index in [4.69, 9.17) is 9.47 Å². The topological polar surface area (TPSA) is 38.8 Å². The van der Waals surface area contributed by atoms with Crippen LogP contribution in [0.3, 0.4) is 0 Å². The Morgan fingerprint density at radius 3 is 2.56 bits per heavy atom. The van der Waals surface area contributed by atoms with Crippen LogP contribution in [-0.4, -0.2) is 23.9 Å². The van der Waals surface area contributed by atoms with E-state index in [0.717, 1.165) is 25.9 Å². The molecule has 0 spiro atoms. The number of amides is 1. The second-order valence-corrected chi connectivity index (χ2v) is 4.50. The smallest absolute Gasteiger partial charge is 0.292 e. The number of nitrogens with zero attached hydrogens (tertiary/aromatic N) is 1. The van der Waals surface area contributed by atoms with Gasteiger partial charge in [-0.2, -0.15) is 0 Å². The van der Waals surface area contributed by atoms with E-state index in [1.807, 2.05) is 23.1 Å². The zero-order valence-corrected chi connectivity index (χ0v) is 10.1. The minimum atomic E-state index is -0.0794. The highest BCUT2D eigenvalue weighted by atomic mass is 16.6. The summed E-state index contributed by atoms with van der Waals surface area (Å²) < 4.78 is 11.0. The van der Waals surface area contributed by atoms with Crippen molar-refractivity contribution < 1.29 is 14.3 Å². The third-order valence-electron chi connectivity index (χ3n) is 3.22. The van der Waals surface area contributed by atoms with E-state index in [1.54, 1.807) is 6.07 Å². The number of hydrogen-bond donors (Lipinski definition) is 0. The van der Waals surface area contributed by atoms with Crippen LogP contribution in [0.15, 0.2) is 36.3 Å². The van der Waals surface area contributed by atoms with Gasteiger partial charge in [0, 0.05) is 13.1 Å². The predicted molar refractivity (Wildman–Crippen MR) is 66.2 cm³/mol. The second-order valence-electron chi connectivity index (χ2n) is 4.50. The van der Waals surface area contributed by atoms with E-state index in [1.165, 1.54) is 12.7 Å². The highest BCUT2D eigenvalue weighted by Gasteiger charge is 2.25. The number of carbonyl (C=O) groups is 1. The first-order valence-corrected chi connectivity index (χ1v) is 6.27. The van der Waals surface area contributed by atoms with E-state index in [-0.39, 0.29) is 11.7 Å². The minimum absolute atomic E-state index is 0.0794. The Bertz CT molecular complexity index is 490. The molecule has 3 rings (SSSR count). The van der Waals surface area contributed by atoms with E-state index >= 15 is 0 Å². The van der Waals surface area contributed by atoms with Crippen molar-refractivity contribution in [2.75, 3.05) is 13.1 Å². The molecule has 1 saturated heterocycles. The van der Waals surface area contributed by atoms with Crippen LogP contribution in [0.1, 0.15) is 19.3 Å². The lowest BCUT2D eigenvalue weighted by Crippen LogP contribution is -2.38. The Kier molecular flexibility index (Phi) is 2.92. The Labute approximate surface area is 106 Å². The van der Waals surface area contributed by atoms with Crippen molar-refractivity contribution in [2.24, 2.45) is 0 Å². The van der Waals surface area contributed by atoms with Crippen molar-refractivity contribution in [1.82, 2.24) is 4.90 Å². The van der Waals surface area contributed by atoms with E-state index < -0.39 is 0 Å². The maximum Gasteiger partial charge on any atom is 0.292 e. The summed E-state index contributed by atoms with van der Waals surface area (Å²) in [5.74, 6) is 1.44. The molecule has 18 heavy (non-hydrogen) atoms. The van der Waals surface area contributed by atoms with Gasteiger partial charge in [0.05, 0.1) is 0 Å². The highest BCUT2D eigenvalue weighted by Crippen LogP contribution is 2.32. The average Bonchev–Trinajstić information content (AvgIpc) is 2.47. The Morgan fingerprint density at radius 2 is 1.78 bits per heavy atom. The summed E-state index contributed by atoms with van der Waals surface area (Å²) in [6.45, 7) is 1.61. The predicted octanol–water partition coefficient (Wildman–Crippen LogP) is 2.31. The number of fused-ring (bicyclic) bond motifs is 1. The Balaban J connectivity index is 1.74. The van der Waals surface area contributed by atoms with Crippen molar-refractivity contribution in [1.29, 1.82) is 0 Å². The van der Waals surface area contributed by atoms with Gasteiger partial charge in [0.25, 0.3) is 5.91 Å². The molecule has 0 radical (unpaired) electrons. The van der Waals surface area contributed by atoms with Crippen LogP contribution in [0, 0.1) is 0 Å². The molecular formula is C14H15NO3. The van der Waals surface area contributed by atoms with E-state index in [0.29, 0.717) is 11.5 Å². The number of benzene rings is 1. The van der Waals surface area contributed by atoms with Crippen molar-refractivity contribution >= 4 is 5.91 Å². The van der Waals surface area contributed by atoms with Gasteiger partial charge in [-0.25, -0.2) is 0 Å². The minimum Gasteiger partial charge on any atom is -0.457 e. The Morgan fingerprint density at radius 1 is 1.06 bits per heavy atom. The molecule has 0 unspecified atom stereocenters. The van der Waals surface area contributed by atoms with Gasteiger partial charge in [0.2, 0.25) is 5.76 Å². The molecule has 2 heterocycles. The quantitative estimate of drug-likeness (QED) is 0.762. The average molecular weight is 245 g/mol. The SMILES string of the molecule is O=C(C1=COc2ccccc2O1)N1CCCCC1. The molecule has 4 heteroatoms. The van der Waals surface area contributed by atoms with Crippen molar-refractivity contribution in [3.05, 3.63) is 36.3 Å².